The van der Waals surface area contributed by atoms with E-state index in [1.54, 1.807) is 6.34 Å². The van der Waals surface area contributed by atoms with Crippen molar-refractivity contribution in [1.29, 1.82) is 0 Å². The second-order valence-corrected chi connectivity index (χ2v) is 2.85. The van der Waals surface area contributed by atoms with Gasteiger partial charge in [0.2, 0.25) is 0 Å². The Labute approximate surface area is 67.9 Å². The van der Waals surface area contributed by atoms with Crippen molar-refractivity contribution in [3.05, 3.63) is 21.6 Å². The molecule has 0 aromatic heterocycles. The number of aliphatic imine (C=N–C) groups is 1. The van der Waals surface area contributed by atoms with Crippen molar-refractivity contribution >= 4 is 28.9 Å². The molecule has 2 nitrogen and oxygen atoms in total. The van der Waals surface area contributed by atoms with Crippen LogP contribution in [0.3, 0.4) is 0 Å². The Morgan fingerprint density at radius 3 is 3.11 bits per heavy atom. The first-order chi connectivity index (χ1) is 4.29. The molecule has 3 heteroatoms. The Bertz CT molecular complexity index is 191. The predicted octanol–water partition coefficient (Wildman–Crippen LogP) is 1.80. The maximum Gasteiger partial charge on any atom is 0.103 e. The van der Waals surface area contributed by atoms with Crippen LogP contribution in [-0.2, 0) is 0 Å². The van der Waals surface area contributed by atoms with E-state index in [0.29, 0.717) is 0 Å². The van der Waals surface area contributed by atoms with Gasteiger partial charge in [-0.15, -0.1) is 0 Å². The SMILES string of the molecule is CC1=CC=C(I)N=CN1. The summed E-state index contributed by atoms with van der Waals surface area (Å²) >= 11 is 2.17. The van der Waals surface area contributed by atoms with Gasteiger partial charge in [-0.2, -0.15) is 0 Å². The summed E-state index contributed by atoms with van der Waals surface area (Å²) in [6.07, 6.45) is 5.65. The molecule has 1 heterocycles. The lowest BCUT2D eigenvalue weighted by atomic mass is 10.4. The molecule has 1 N–H and O–H groups in total. The first-order valence-electron chi connectivity index (χ1n) is 2.62. The molecule has 0 atom stereocenters. The molecule has 0 saturated carbocycles. The Kier molecular flexibility index (Phi) is 2.27. The molecule has 0 saturated heterocycles. The maximum absolute atomic E-state index is 4.03. The van der Waals surface area contributed by atoms with E-state index in [0.717, 1.165) is 9.40 Å². The smallest absolute Gasteiger partial charge is 0.103 e. The predicted molar refractivity (Wildman–Crippen MR) is 47.5 cm³/mol. The van der Waals surface area contributed by atoms with Crippen molar-refractivity contribution < 1.29 is 0 Å². The molecular weight excluding hydrogens is 227 g/mol. The molecule has 0 aromatic rings. The van der Waals surface area contributed by atoms with Gasteiger partial charge in [-0.25, -0.2) is 4.99 Å². The molecule has 0 bridgehead atoms. The number of hydrogen-bond donors (Lipinski definition) is 1. The molecule has 0 fully saturated rings. The minimum Gasteiger partial charge on any atom is -0.350 e. The van der Waals surface area contributed by atoms with Crippen molar-refractivity contribution in [3.8, 4) is 0 Å². The van der Waals surface area contributed by atoms with Crippen LogP contribution >= 0.6 is 22.6 Å². The molecule has 0 radical (unpaired) electrons. The number of nitrogens with zero attached hydrogens (tertiary/aromatic N) is 1. The Morgan fingerprint density at radius 1 is 1.56 bits per heavy atom. The molecule has 0 unspecified atom stereocenters. The van der Waals surface area contributed by atoms with Gasteiger partial charge < -0.3 is 5.32 Å². The Balaban J connectivity index is 2.80. The van der Waals surface area contributed by atoms with E-state index in [1.807, 2.05) is 19.1 Å². The molecule has 9 heavy (non-hydrogen) atoms. The first-order valence-corrected chi connectivity index (χ1v) is 3.70. The van der Waals surface area contributed by atoms with Crippen molar-refractivity contribution in [1.82, 2.24) is 5.32 Å². The lowest BCUT2D eigenvalue weighted by Gasteiger charge is -1.91. The van der Waals surface area contributed by atoms with Gasteiger partial charge >= 0.3 is 0 Å². The van der Waals surface area contributed by atoms with Crippen LogP contribution in [0.15, 0.2) is 26.5 Å². The zero-order chi connectivity index (χ0) is 6.69. The summed E-state index contributed by atoms with van der Waals surface area (Å²) in [6, 6.07) is 0. The van der Waals surface area contributed by atoms with Gasteiger partial charge in [0.1, 0.15) is 3.70 Å². The van der Waals surface area contributed by atoms with Crippen molar-refractivity contribution in [3.63, 3.8) is 0 Å². The summed E-state index contributed by atoms with van der Waals surface area (Å²) in [4.78, 5) is 4.03. The molecule has 0 spiro atoms. The Morgan fingerprint density at radius 2 is 2.33 bits per heavy atom. The monoisotopic (exact) mass is 234 g/mol. The average molecular weight is 234 g/mol. The quantitative estimate of drug-likeness (QED) is 0.501. The van der Waals surface area contributed by atoms with Gasteiger partial charge in [-0.1, -0.05) is 0 Å². The van der Waals surface area contributed by atoms with Gasteiger partial charge in [0.25, 0.3) is 0 Å². The van der Waals surface area contributed by atoms with Gasteiger partial charge in [0, 0.05) is 5.70 Å². The maximum atomic E-state index is 4.03. The van der Waals surface area contributed by atoms with Crippen LogP contribution in [0.5, 0.6) is 0 Å². The molecule has 0 amide bonds. The van der Waals surface area contributed by atoms with Crippen LogP contribution in [0, 0.1) is 0 Å². The Hall–Kier alpha value is -0.320. The molecular formula is C6H7IN2. The number of hydrogen-bond acceptors (Lipinski definition) is 2. The topological polar surface area (TPSA) is 24.4 Å². The van der Waals surface area contributed by atoms with E-state index >= 15 is 0 Å². The van der Waals surface area contributed by atoms with Crippen LogP contribution in [0.25, 0.3) is 0 Å². The fraction of sp³-hybridized carbons (Fsp3) is 0.167. The second kappa shape index (κ2) is 3.00. The highest BCUT2D eigenvalue weighted by Crippen LogP contribution is 2.08. The van der Waals surface area contributed by atoms with Crippen LogP contribution in [-0.4, -0.2) is 6.34 Å². The number of halogens is 1. The largest absolute Gasteiger partial charge is 0.350 e. The minimum atomic E-state index is 0.997. The number of allylic oxidation sites excluding steroid dienone is 3. The van der Waals surface area contributed by atoms with E-state index in [-0.39, 0.29) is 0 Å². The average Bonchev–Trinajstić information content (AvgIpc) is 1.97. The van der Waals surface area contributed by atoms with Crippen molar-refractivity contribution in [2.45, 2.75) is 6.92 Å². The van der Waals surface area contributed by atoms with Crippen LogP contribution in [0.1, 0.15) is 6.92 Å². The molecule has 0 aliphatic carbocycles. The van der Waals surface area contributed by atoms with Gasteiger partial charge in [0.15, 0.2) is 0 Å². The van der Waals surface area contributed by atoms with E-state index in [4.69, 9.17) is 0 Å². The third-order valence-electron chi connectivity index (χ3n) is 0.951. The van der Waals surface area contributed by atoms with Crippen LogP contribution in [0.4, 0.5) is 0 Å². The molecule has 0 aromatic carbocycles. The van der Waals surface area contributed by atoms with Crippen molar-refractivity contribution in [2.24, 2.45) is 4.99 Å². The molecule has 1 aliphatic rings. The van der Waals surface area contributed by atoms with E-state index in [1.165, 1.54) is 0 Å². The highest BCUT2D eigenvalue weighted by molar-refractivity contribution is 14.1. The second-order valence-electron chi connectivity index (χ2n) is 1.74. The zero-order valence-corrected chi connectivity index (χ0v) is 7.21. The normalized spacial score (nSPS) is 17.6. The minimum absolute atomic E-state index is 0.997. The van der Waals surface area contributed by atoms with E-state index < -0.39 is 0 Å². The third kappa shape index (κ3) is 2.17. The summed E-state index contributed by atoms with van der Waals surface area (Å²) in [6.45, 7) is 2.00. The third-order valence-corrected chi connectivity index (χ3v) is 1.59. The van der Waals surface area contributed by atoms with Crippen LogP contribution in [0.2, 0.25) is 0 Å². The molecule has 48 valence electrons. The van der Waals surface area contributed by atoms with Gasteiger partial charge in [0.05, 0.1) is 6.34 Å². The fourth-order valence-corrected chi connectivity index (χ4v) is 0.800. The summed E-state index contributed by atoms with van der Waals surface area (Å²) in [5.41, 5.74) is 1.12. The number of nitrogens with one attached hydrogen (secondary N) is 1. The highest BCUT2D eigenvalue weighted by atomic mass is 127. The zero-order valence-electron chi connectivity index (χ0n) is 5.06. The summed E-state index contributed by atoms with van der Waals surface area (Å²) in [5.74, 6) is 0. The molecule has 1 rings (SSSR count). The van der Waals surface area contributed by atoms with Gasteiger partial charge in [-0.05, 0) is 41.7 Å². The lowest BCUT2D eigenvalue weighted by Crippen LogP contribution is -2.05. The van der Waals surface area contributed by atoms with Crippen molar-refractivity contribution in [2.75, 3.05) is 0 Å². The fourth-order valence-electron chi connectivity index (χ4n) is 0.481. The standard InChI is InChI=1S/C6H7IN2/c1-5-2-3-6(7)9-4-8-5/h2-4H,1H3,(H,8,9). The first kappa shape index (κ1) is 6.80. The highest BCUT2D eigenvalue weighted by Gasteiger charge is 1.88. The summed E-state index contributed by atoms with van der Waals surface area (Å²) < 4.78 is 0.997. The van der Waals surface area contributed by atoms with Gasteiger partial charge in [-0.3, -0.25) is 0 Å². The molecule has 1 aliphatic heterocycles. The summed E-state index contributed by atoms with van der Waals surface area (Å²) in [5, 5.41) is 2.99. The van der Waals surface area contributed by atoms with E-state index in [2.05, 4.69) is 32.9 Å². The number of rotatable bonds is 0. The summed E-state index contributed by atoms with van der Waals surface area (Å²) in [7, 11) is 0. The van der Waals surface area contributed by atoms with E-state index in [9.17, 15) is 0 Å². The lowest BCUT2D eigenvalue weighted by molar-refractivity contribution is 1.15. The van der Waals surface area contributed by atoms with Crippen LogP contribution < -0.4 is 5.32 Å².